The summed E-state index contributed by atoms with van der Waals surface area (Å²) in [6.45, 7) is 8.53. The molecule has 4 unspecified atom stereocenters. The van der Waals surface area contributed by atoms with E-state index in [-0.39, 0.29) is 79.5 Å². The number of rotatable bonds is 43. The van der Waals surface area contributed by atoms with Crippen LogP contribution in [0.25, 0.3) is 10.4 Å². The largest absolute Gasteiger partial charge is 0.449 e. The van der Waals surface area contributed by atoms with Crippen LogP contribution < -0.4 is 48.3 Å². The summed E-state index contributed by atoms with van der Waals surface area (Å²) < 4.78 is 23.9. The van der Waals surface area contributed by atoms with Gasteiger partial charge in [-0.1, -0.05) is 30.6 Å². The van der Waals surface area contributed by atoms with E-state index in [0.29, 0.717) is 135 Å². The van der Waals surface area contributed by atoms with Crippen molar-refractivity contribution in [2.24, 2.45) is 46.4 Å². The zero-order valence-corrected chi connectivity index (χ0v) is 48.9. The third-order valence-corrected chi connectivity index (χ3v) is 17.1. The molecule has 4 aliphatic rings. The van der Waals surface area contributed by atoms with Crippen molar-refractivity contribution in [3.8, 4) is 0 Å². The van der Waals surface area contributed by atoms with Crippen molar-refractivity contribution < 1.29 is 57.3 Å². The molecule has 0 radical (unpaired) electrons. The summed E-state index contributed by atoms with van der Waals surface area (Å²) in [4.78, 5) is 102. The van der Waals surface area contributed by atoms with Crippen LogP contribution in [0.2, 0.25) is 0 Å². The van der Waals surface area contributed by atoms with Crippen molar-refractivity contribution in [1.29, 1.82) is 0 Å². The number of alkyl carbamates (subject to hydrolysis) is 1. The fourth-order valence-electron chi connectivity index (χ4n) is 10.9. The predicted octanol–water partition coefficient (Wildman–Crippen LogP) is 2.30. The first-order valence-electron chi connectivity index (χ1n) is 29.7. The van der Waals surface area contributed by atoms with Crippen molar-refractivity contribution in [1.82, 2.24) is 57.5 Å². The zero-order chi connectivity index (χ0) is 58.9. The average molecular weight is 1170 g/mol. The highest BCUT2D eigenvalue weighted by Gasteiger charge is 2.50. The first kappa shape index (κ1) is 66.8. The molecule has 0 bridgehead atoms. The lowest BCUT2D eigenvalue weighted by atomic mass is 9.85. The van der Waals surface area contributed by atoms with Crippen LogP contribution in [-0.4, -0.2) is 178 Å². The Bertz CT molecular complexity index is 2240. The fourth-order valence-corrected chi connectivity index (χ4v) is 12.4. The number of urea groups is 1. The Hall–Kier alpha value is -5.96. The van der Waals surface area contributed by atoms with Crippen molar-refractivity contribution in [2.45, 2.75) is 147 Å². The second-order valence-electron chi connectivity index (χ2n) is 21.7. The molecule has 82 heavy (non-hydrogen) atoms. The fraction of sp³-hybridized carbons (Fsp3) is 0.815. The standard InChI is InChI=1S/C54H91N15O12S/c1-3-37(50(55)73)31-38(52(75)61-21-11-4-8-18-57-47(71)32-63-67-56)30-36(2)51(74)60-20-10-5-9-19-58-48(72)33-69-44-17-15-40-39(14-16-42(44)66-68-69)41(40)34-81-54(77)62-23-25-79-27-29-80-28-26-78-24-22-59-46(70)13-7-6-12-45-49-43(35-82-45)64-53(76)65-49/h36-41,43,45,49H,3-35H2,1-2H3,(H2,55,73)(H,57,71)(H,58,72)(H,59,70)(H,60,74)(H,61,75)(H,62,77)(H2,64,65,76)/t36?,37?,38?,39-,40+,41?,43-,45-,49-/m0/s1. The maximum Gasteiger partial charge on any atom is 0.407 e. The molecule has 27 nitrogen and oxygen atoms in total. The Labute approximate surface area is 485 Å². The SMILES string of the molecule is CCC(CC(CC(C)C(=O)NCCCCCNC(=O)Cn1nnc2c1CC[C@H]1C(COC(=O)NCCOCCOCCOCCNC(=O)CCCC[C@@H]3SC[C@@H]4NC(=O)N[C@@H]43)[C@H]1CC2)C(=O)NCCCCCNC(=O)CN=[N+]=[N-])C(N)=O. The Morgan fingerprint density at radius 1 is 0.744 bits per heavy atom. The van der Waals surface area contributed by atoms with E-state index in [0.717, 1.165) is 81.3 Å². The third kappa shape index (κ3) is 24.9. The molecule has 3 fully saturated rings. The number of nitrogens with one attached hydrogen (secondary N) is 8. The topological polar surface area (TPSA) is 375 Å². The van der Waals surface area contributed by atoms with Gasteiger partial charge in [0.05, 0.1) is 69.7 Å². The van der Waals surface area contributed by atoms with Crippen molar-refractivity contribution in [2.75, 3.05) is 97.8 Å². The first-order valence-corrected chi connectivity index (χ1v) is 30.7. The van der Waals surface area contributed by atoms with Crippen LogP contribution in [0, 0.1) is 35.5 Å². The van der Waals surface area contributed by atoms with E-state index in [1.165, 1.54) is 0 Å². The highest BCUT2D eigenvalue weighted by atomic mass is 32.2. The molecule has 2 aliphatic carbocycles. The number of azide groups is 1. The van der Waals surface area contributed by atoms with Gasteiger partial charge in [0.25, 0.3) is 0 Å². The third-order valence-electron chi connectivity index (χ3n) is 15.6. The van der Waals surface area contributed by atoms with E-state index >= 15 is 0 Å². The van der Waals surface area contributed by atoms with Gasteiger partial charge < -0.3 is 67.2 Å². The molecule has 0 spiro atoms. The highest BCUT2D eigenvalue weighted by Crippen LogP contribution is 2.53. The van der Waals surface area contributed by atoms with Gasteiger partial charge in [0.2, 0.25) is 35.4 Å². The van der Waals surface area contributed by atoms with Crippen molar-refractivity contribution in [3.63, 3.8) is 0 Å². The number of unbranched alkanes of at least 4 members (excludes halogenated alkanes) is 5. The van der Waals surface area contributed by atoms with Gasteiger partial charge in [-0.15, -0.1) is 5.10 Å². The number of thioether (sulfide) groups is 1. The number of aromatic nitrogens is 3. The number of ether oxygens (including phenoxy) is 4. The smallest absolute Gasteiger partial charge is 0.407 e. The van der Waals surface area contributed by atoms with Gasteiger partial charge in [-0.05, 0) is 120 Å². The molecule has 28 heteroatoms. The summed E-state index contributed by atoms with van der Waals surface area (Å²) in [5, 5.41) is 35.5. The van der Waals surface area contributed by atoms with E-state index < -0.39 is 29.8 Å². The van der Waals surface area contributed by atoms with Gasteiger partial charge in [0.15, 0.2) is 0 Å². The molecule has 2 saturated heterocycles. The maximum atomic E-state index is 13.3. The number of carbonyl (C=O) groups is 8. The Balaban J connectivity index is 0.821. The van der Waals surface area contributed by atoms with Gasteiger partial charge in [-0.3, -0.25) is 28.8 Å². The highest BCUT2D eigenvalue weighted by molar-refractivity contribution is 8.00. The molecule has 2 aliphatic heterocycles. The van der Waals surface area contributed by atoms with E-state index in [9.17, 15) is 38.4 Å². The molecule has 1 saturated carbocycles. The molecular weight excluding hydrogens is 1080 g/mol. The maximum absolute atomic E-state index is 13.3. The van der Waals surface area contributed by atoms with Crippen LogP contribution in [-0.2, 0) is 67.1 Å². The Morgan fingerprint density at radius 3 is 2.04 bits per heavy atom. The van der Waals surface area contributed by atoms with E-state index in [1.807, 2.05) is 18.7 Å². The molecule has 1 aromatic heterocycles. The lowest BCUT2D eigenvalue weighted by Crippen LogP contribution is -2.38. The minimum Gasteiger partial charge on any atom is -0.449 e. The minimum atomic E-state index is -0.581. The van der Waals surface area contributed by atoms with Crippen molar-refractivity contribution in [3.05, 3.63) is 21.8 Å². The number of nitrogens with zero attached hydrogens (tertiary/aromatic N) is 6. The summed E-state index contributed by atoms with van der Waals surface area (Å²) in [7, 11) is 0. The number of fused-ring (bicyclic) bond motifs is 3. The quantitative estimate of drug-likeness (QED) is 0.0149. The van der Waals surface area contributed by atoms with E-state index in [1.54, 1.807) is 11.6 Å². The number of hydrogen-bond donors (Lipinski definition) is 9. The van der Waals surface area contributed by atoms with Gasteiger partial charge in [-0.2, -0.15) is 11.8 Å². The molecule has 9 amide bonds. The van der Waals surface area contributed by atoms with E-state index in [2.05, 4.69) is 62.9 Å². The number of carbonyl (C=O) groups excluding carboxylic acids is 8. The molecule has 460 valence electrons. The monoisotopic (exact) mass is 1170 g/mol. The minimum absolute atomic E-state index is 0.0121. The lowest BCUT2D eigenvalue weighted by Gasteiger charge is -2.23. The summed E-state index contributed by atoms with van der Waals surface area (Å²) in [6, 6.07) is 0.336. The molecule has 0 aromatic carbocycles. The van der Waals surface area contributed by atoms with E-state index in [4.69, 9.17) is 30.2 Å². The number of aryl methyl sites for hydroxylation is 1. The van der Waals surface area contributed by atoms with Gasteiger partial charge >= 0.3 is 12.1 Å². The Kier molecular flexibility index (Phi) is 31.0. The van der Waals surface area contributed by atoms with Crippen LogP contribution >= 0.6 is 11.8 Å². The second-order valence-corrected chi connectivity index (χ2v) is 22.9. The van der Waals surface area contributed by atoms with Crippen LogP contribution in [0.5, 0.6) is 0 Å². The summed E-state index contributed by atoms with van der Waals surface area (Å²) in [5.41, 5.74) is 15.8. The molecule has 1 aromatic rings. The average Bonchev–Trinajstić information content (AvgIpc) is 3.96. The molecule has 3 heterocycles. The molecule has 5 rings (SSSR count). The van der Waals surface area contributed by atoms with Crippen LogP contribution in [0.3, 0.4) is 0 Å². The zero-order valence-electron chi connectivity index (χ0n) is 48.1. The molecular formula is C54H91N15O12S. The number of primary amides is 1. The first-order chi connectivity index (χ1) is 39.8. The summed E-state index contributed by atoms with van der Waals surface area (Å²) in [6.07, 6.45) is 11.3. The molecule has 10 N–H and O–H groups in total. The number of hydrogen-bond acceptors (Lipinski definition) is 16. The predicted molar refractivity (Wildman–Crippen MR) is 305 cm³/mol. The molecule has 9 atom stereocenters. The number of nitrogens with two attached hydrogens (primary N) is 1. The van der Waals surface area contributed by atoms with Gasteiger partial charge in [0.1, 0.15) is 13.1 Å². The van der Waals surface area contributed by atoms with Gasteiger partial charge in [-0.25, -0.2) is 14.3 Å². The summed E-state index contributed by atoms with van der Waals surface area (Å²) >= 11 is 1.88. The van der Waals surface area contributed by atoms with Crippen LogP contribution in [0.1, 0.15) is 122 Å². The Morgan fingerprint density at radius 2 is 1.37 bits per heavy atom. The van der Waals surface area contributed by atoms with Crippen LogP contribution in [0.4, 0.5) is 9.59 Å². The van der Waals surface area contributed by atoms with Gasteiger partial charge in [0, 0.05) is 79.4 Å². The van der Waals surface area contributed by atoms with Crippen molar-refractivity contribution >= 4 is 59.3 Å². The summed E-state index contributed by atoms with van der Waals surface area (Å²) in [5.74, 6) is -0.867. The normalized spacial score (nSPS) is 20.5. The van der Waals surface area contributed by atoms with Crippen LogP contribution in [0.15, 0.2) is 5.11 Å². The lowest BCUT2D eigenvalue weighted by molar-refractivity contribution is -0.129. The second kappa shape index (κ2) is 38.0. The number of amides is 9.